The highest BCUT2D eigenvalue weighted by Gasteiger charge is 2.42. The number of rotatable bonds is 4. The number of aromatic nitrogens is 2. The lowest BCUT2D eigenvalue weighted by Crippen LogP contribution is -2.15. The van der Waals surface area contributed by atoms with Gasteiger partial charge in [0.25, 0.3) is 0 Å². The van der Waals surface area contributed by atoms with E-state index >= 15 is 0 Å². The molecule has 0 atom stereocenters. The molecular formula is C13H14Cl2N2S. The Morgan fingerprint density at radius 3 is 2.83 bits per heavy atom. The molecule has 0 N–H and O–H groups in total. The Kier molecular flexibility index (Phi) is 3.25. The lowest BCUT2D eigenvalue weighted by molar-refractivity contribution is 0.655. The number of thioether (sulfide) groups is 1. The number of hydrogen-bond acceptors (Lipinski definition) is 2. The van der Waals surface area contributed by atoms with Gasteiger partial charge in [-0.15, -0.1) is 11.6 Å². The average Bonchev–Trinajstić information content (AvgIpc) is 3.07. The zero-order valence-electron chi connectivity index (χ0n) is 10.1. The fourth-order valence-electron chi connectivity index (χ4n) is 2.29. The molecule has 3 rings (SSSR count). The van der Waals surface area contributed by atoms with Crippen molar-refractivity contribution in [1.29, 1.82) is 0 Å². The maximum Gasteiger partial charge on any atom is 0.124 e. The van der Waals surface area contributed by atoms with Gasteiger partial charge in [-0.3, -0.25) is 0 Å². The number of nitrogens with zero attached hydrogens (tertiary/aromatic N) is 2. The van der Waals surface area contributed by atoms with E-state index in [0.717, 1.165) is 28.4 Å². The summed E-state index contributed by atoms with van der Waals surface area (Å²) in [5.41, 5.74) is 2.07. The third-order valence-corrected chi connectivity index (χ3v) is 5.47. The second-order valence-electron chi connectivity index (χ2n) is 4.77. The van der Waals surface area contributed by atoms with Gasteiger partial charge in [-0.2, -0.15) is 11.8 Å². The fourth-order valence-corrected chi connectivity index (χ4v) is 3.42. The van der Waals surface area contributed by atoms with E-state index in [1.165, 1.54) is 12.8 Å². The molecule has 0 amide bonds. The van der Waals surface area contributed by atoms with Gasteiger partial charge in [0.05, 0.1) is 16.9 Å². The molecule has 1 saturated carbocycles. The van der Waals surface area contributed by atoms with Crippen LogP contribution in [0, 0.1) is 0 Å². The largest absolute Gasteiger partial charge is 0.326 e. The van der Waals surface area contributed by atoms with Gasteiger partial charge in [-0.25, -0.2) is 4.98 Å². The minimum atomic E-state index is 0.397. The van der Waals surface area contributed by atoms with Gasteiger partial charge >= 0.3 is 0 Å². The van der Waals surface area contributed by atoms with Crippen molar-refractivity contribution in [3.8, 4) is 0 Å². The summed E-state index contributed by atoms with van der Waals surface area (Å²) in [7, 11) is 0. The summed E-state index contributed by atoms with van der Waals surface area (Å²) in [5, 5.41) is 0.722. The standard InChI is InChI=1S/C13H14Cl2N2S/c1-18-13(4-5-13)8-17-11-3-2-9(15)6-10(11)16-12(17)7-14/h2-3,6H,4-5,7-8H2,1H3. The van der Waals surface area contributed by atoms with Gasteiger partial charge in [0, 0.05) is 16.3 Å². The van der Waals surface area contributed by atoms with Crippen LogP contribution in [-0.4, -0.2) is 20.6 Å². The lowest BCUT2D eigenvalue weighted by Gasteiger charge is -2.15. The van der Waals surface area contributed by atoms with Crippen molar-refractivity contribution in [1.82, 2.24) is 9.55 Å². The SMILES string of the molecule is CSC1(Cn2c(CCl)nc3cc(Cl)ccc32)CC1. The summed E-state index contributed by atoms with van der Waals surface area (Å²) < 4.78 is 2.65. The third kappa shape index (κ3) is 2.13. The maximum atomic E-state index is 6.01. The Bertz CT molecular complexity index is 590. The molecule has 18 heavy (non-hydrogen) atoms. The molecule has 0 unspecified atom stereocenters. The summed E-state index contributed by atoms with van der Waals surface area (Å²) in [5.74, 6) is 1.38. The molecule has 0 spiro atoms. The Balaban J connectivity index is 2.08. The van der Waals surface area contributed by atoms with Crippen molar-refractivity contribution in [2.45, 2.75) is 30.0 Å². The molecule has 5 heteroatoms. The van der Waals surface area contributed by atoms with Crippen LogP contribution in [-0.2, 0) is 12.4 Å². The van der Waals surface area contributed by atoms with Crippen LogP contribution >= 0.6 is 35.0 Å². The normalized spacial score (nSPS) is 17.3. The molecule has 0 aliphatic heterocycles. The number of fused-ring (bicyclic) bond motifs is 1. The molecule has 96 valence electrons. The second kappa shape index (κ2) is 4.62. The van der Waals surface area contributed by atoms with Crippen molar-refractivity contribution in [3.63, 3.8) is 0 Å². The van der Waals surface area contributed by atoms with E-state index in [4.69, 9.17) is 23.2 Å². The number of alkyl halides is 1. The van der Waals surface area contributed by atoms with E-state index in [9.17, 15) is 0 Å². The second-order valence-corrected chi connectivity index (χ2v) is 6.75. The molecule has 1 aromatic carbocycles. The van der Waals surface area contributed by atoms with Gasteiger partial charge in [0.2, 0.25) is 0 Å². The Labute approximate surface area is 121 Å². The maximum absolute atomic E-state index is 6.01. The highest BCUT2D eigenvalue weighted by atomic mass is 35.5. The average molecular weight is 301 g/mol. The van der Waals surface area contributed by atoms with Crippen LogP contribution in [0.3, 0.4) is 0 Å². The number of benzene rings is 1. The predicted octanol–water partition coefficient (Wildman–Crippen LogP) is 4.32. The Morgan fingerprint density at radius 2 is 2.22 bits per heavy atom. The molecule has 0 saturated heterocycles. The van der Waals surface area contributed by atoms with Crippen molar-refractivity contribution in [2.24, 2.45) is 0 Å². The number of hydrogen-bond donors (Lipinski definition) is 0. The van der Waals surface area contributed by atoms with Gasteiger partial charge in [-0.05, 0) is 37.3 Å². The van der Waals surface area contributed by atoms with Gasteiger partial charge in [0.15, 0.2) is 0 Å². The van der Waals surface area contributed by atoms with Crippen LogP contribution < -0.4 is 0 Å². The highest BCUT2D eigenvalue weighted by Crippen LogP contribution is 2.49. The van der Waals surface area contributed by atoms with Gasteiger partial charge < -0.3 is 4.57 Å². The fraction of sp³-hybridized carbons (Fsp3) is 0.462. The number of imidazole rings is 1. The van der Waals surface area contributed by atoms with Crippen molar-refractivity contribution < 1.29 is 0 Å². The molecule has 2 aromatic rings. The zero-order valence-corrected chi connectivity index (χ0v) is 12.4. The van der Waals surface area contributed by atoms with E-state index in [-0.39, 0.29) is 0 Å². The topological polar surface area (TPSA) is 17.8 Å². The van der Waals surface area contributed by atoms with Crippen LogP contribution in [0.25, 0.3) is 11.0 Å². The predicted molar refractivity (Wildman–Crippen MR) is 79.8 cm³/mol. The first kappa shape index (κ1) is 12.6. The van der Waals surface area contributed by atoms with Crippen LogP contribution in [0.4, 0.5) is 0 Å². The Hall–Kier alpha value is -0.380. The molecule has 1 aliphatic rings. The monoisotopic (exact) mass is 300 g/mol. The molecule has 0 bridgehead atoms. The molecule has 1 fully saturated rings. The van der Waals surface area contributed by atoms with Crippen LogP contribution in [0.2, 0.25) is 5.02 Å². The molecular weight excluding hydrogens is 287 g/mol. The smallest absolute Gasteiger partial charge is 0.124 e. The molecule has 2 nitrogen and oxygen atoms in total. The first-order chi connectivity index (χ1) is 8.67. The summed E-state index contributed by atoms with van der Waals surface area (Å²) in [6.45, 7) is 0.994. The van der Waals surface area contributed by atoms with Crippen LogP contribution in [0.1, 0.15) is 18.7 Å². The van der Waals surface area contributed by atoms with E-state index in [0.29, 0.717) is 10.6 Å². The minimum Gasteiger partial charge on any atom is -0.326 e. The van der Waals surface area contributed by atoms with E-state index in [1.54, 1.807) is 0 Å². The van der Waals surface area contributed by atoms with Gasteiger partial charge in [-0.1, -0.05) is 11.6 Å². The van der Waals surface area contributed by atoms with Crippen molar-refractivity contribution in [2.75, 3.05) is 6.26 Å². The van der Waals surface area contributed by atoms with E-state index < -0.39 is 0 Å². The first-order valence-corrected chi connectivity index (χ1v) is 8.07. The first-order valence-electron chi connectivity index (χ1n) is 5.93. The van der Waals surface area contributed by atoms with Crippen LogP contribution in [0.5, 0.6) is 0 Å². The van der Waals surface area contributed by atoms with Gasteiger partial charge in [0.1, 0.15) is 5.82 Å². The Morgan fingerprint density at radius 1 is 1.44 bits per heavy atom. The van der Waals surface area contributed by atoms with Crippen molar-refractivity contribution >= 4 is 46.0 Å². The minimum absolute atomic E-state index is 0.397. The summed E-state index contributed by atoms with van der Waals surface area (Å²) in [6.07, 6.45) is 4.75. The lowest BCUT2D eigenvalue weighted by atomic mass is 10.3. The number of halogens is 2. The quantitative estimate of drug-likeness (QED) is 0.783. The molecule has 1 heterocycles. The van der Waals surface area contributed by atoms with Crippen molar-refractivity contribution in [3.05, 3.63) is 29.0 Å². The molecule has 1 aromatic heterocycles. The summed E-state index contributed by atoms with van der Waals surface area (Å²) in [4.78, 5) is 4.58. The third-order valence-electron chi connectivity index (χ3n) is 3.60. The highest BCUT2D eigenvalue weighted by molar-refractivity contribution is 8.00. The summed E-state index contributed by atoms with van der Waals surface area (Å²) >= 11 is 14.0. The molecule has 0 radical (unpaired) electrons. The van der Waals surface area contributed by atoms with E-state index in [2.05, 4.69) is 15.8 Å². The zero-order chi connectivity index (χ0) is 12.8. The molecule has 1 aliphatic carbocycles. The van der Waals surface area contributed by atoms with E-state index in [1.807, 2.05) is 30.0 Å². The summed E-state index contributed by atoms with van der Waals surface area (Å²) in [6, 6.07) is 5.86. The van der Waals surface area contributed by atoms with Crippen LogP contribution in [0.15, 0.2) is 18.2 Å².